The van der Waals surface area contributed by atoms with Crippen molar-refractivity contribution >= 4 is 39.3 Å². The summed E-state index contributed by atoms with van der Waals surface area (Å²) in [5.41, 5.74) is 5.13. The van der Waals surface area contributed by atoms with Crippen LogP contribution in [0.3, 0.4) is 0 Å². The third kappa shape index (κ3) is 2.72. The van der Waals surface area contributed by atoms with Gasteiger partial charge < -0.3 is 0 Å². The maximum absolute atomic E-state index is 11.8. The van der Waals surface area contributed by atoms with E-state index in [2.05, 4.69) is 11.1 Å². The van der Waals surface area contributed by atoms with Gasteiger partial charge in [-0.25, -0.2) is 4.98 Å². The van der Waals surface area contributed by atoms with E-state index in [1.165, 1.54) is 5.56 Å². The Bertz CT molecular complexity index is 903. The lowest BCUT2D eigenvalue weighted by Crippen LogP contribution is -1.97. The largest absolute Gasteiger partial charge is 0.276 e. The minimum absolute atomic E-state index is 0.421. The Labute approximate surface area is 138 Å². The molecule has 2 nitrogen and oxygen atoms in total. The first-order valence-corrected chi connectivity index (χ1v) is 7.59. The summed E-state index contributed by atoms with van der Waals surface area (Å²) in [5.74, 6) is 0. The molecule has 2 aromatic carbocycles. The molecule has 0 saturated heterocycles. The molecule has 3 rings (SSSR count). The third-order valence-corrected chi connectivity index (χ3v) is 4.08. The number of carbonyl (C=O) groups is 1. The van der Waals surface area contributed by atoms with Crippen molar-refractivity contribution < 1.29 is 4.79 Å². The summed E-state index contributed by atoms with van der Waals surface area (Å²) in [6, 6.07) is 13.1. The van der Waals surface area contributed by atoms with Crippen LogP contribution in [0.4, 0.5) is 0 Å². The summed E-state index contributed by atoms with van der Waals surface area (Å²) in [6.45, 7) is 4.07. The smallest absolute Gasteiger partial charge is 0.253 e. The van der Waals surface area contributed by atoms with Crippen molar-refractivity contribution in [3.63, 3.8) is 0 Å². The molecule has 0 spiro atoms. The van der Waals surface area contributed by atoms with Crippen LogP contribution in [-0.4, -0.2) is 10.2 Å². The predicted octanol–water partition coefficient (Wildman–Crippen LogP) is 5.55. The number of aromatic nitrogens is 1. The van der Waals surface area contributed by atoms with Crippen LogP contribution in [0, 0.1) is 13.8 Å². The minimum Gasteiger partial charge on any atom is -0.276 e. The SMILES string of the molecule is Cc1ccc(-c2cc(C(=O)Cl)c3cc(Cl)ccc3n2)c(C)c1. The van der Waals surface area contributed by atoms with Crippen LogP contribution in [0.1, 0.15) is 21.5 Å². The normalized spacial score (nSPS) is 10.9. The molecule has 0 aliphatic heterocycles. The van der Waals surface area contributed by atoms with Gasteiger partial charge in [-0.1, -0.05) is 35.4 Å². The van der Waals surface area contributed by atoms with Gasteiger partial charge in [0.2, 0.25) is 0 Å². The highest BCUT2D eigenvalue weighted by molar-refractivity contribution is 6.68. The molecule has 0 saturated carbocycles. The number of aryl methyl sites for hydroxylation is 2. The standard InChI is InChI=1S/C18H13Cl2NO/c1-10-3-5-13(11(2)7-10)17-9-15(18(20)22)14-8-12(19)4-6-16(14)21-17/h3-9H,1-2H3. The summed E-state index contributed by atoms with van der Waals surface area (Å²) in [7, 11) is 0. The molecule has 4 heteroatoms. The number of halogens is 2. The zero-order valence-corrected chi connectivity index (χ0v) is 13.7. The van der Waals surface area contributed by atoms with Gasteiger partial charge in [0.05, 0.1) is 11.2 Å². The Morgan fingerprint density at radius 3 is 2.50 bits per heavy atom. The van der Waals surface area contributed by atoms with E-state index in [0.29, 0.717) is 21.5 Å². The van der Waals surface area contributed by atoms with Crippen LogP contribution in [0.5, 0.6) is 0 Å². The number of hydrogen-bond donors (Lipinski definition) is 0. The van der Waals surface area contributed by atoms with E-state index in [0.717, 1.165) is 16.8 Å². The van der Waals surface area contributed by atoms with Crippen LogP contribution >= 0.6 is 23.2 Å². The molecule has 0 radical (unpaired) electrons. The Balaban J connectivity index is 2.32. The predicted molar refractivity (Wildman–Crippen MR) is 91.8 cm³/mol. The molecule has 0 fully saturated rings. The van der Waals surface area contributed by atoms with Gasteiger partial charge >= 0.3 is 0 Å². The second-order valence-electron chi connectivity index (χ2n) is 5.31. The first kappa shape index (κ1) is 15.0. The maximum Gasteiger partial charge on any atom is 0.253 e. The fourth-order valence-corrected chi connectivity index (χ4v) is 2.93. The summed E-state index contributed by atoms with van der Waals surface area (Å²) in [5, 5.41) is 0.703. The van der Waals surface area contributed by atoms with Gasteiger partial charge in [-0.3, -0.25) is 4.79 Å². The number of pyridine rings is 1. The second kappa shape index (κ2) is 5.71. The number of carbonyl (C=O) groups excluding carboxylic acids is 1. The Hall–Kier alpha value is -1.90. The molecule has 0 bridgehead atoms. The molecule has 0 atom stereocenters. The molecular weight excluding hydrogens is 317 g/mol. The van der Waals surface area contributed by atoms with E-state index in [1.807, 2.05) is 26.0 Å². The zero-order chi connectivity index (χ0) is 15.9. The Kier molecular flexibility index (Phi) is 3.90. The summed E-state index contributed by atoms with van der Waals surface area (Å²) in [6.07, 6.45) is 0. The van der Waals surface area contributed by atoms with E-state index in [4.69, 9.17) is 23.2 Å². The van der Waals surface area contributed by atoms with Crippen molar-refractivity contribution in [1.82, 2.24) is 4.98 Å². The van der Waals surface area contributed by atoms with Crippen molar-refractivity contribution in [2.24, 2.45) is 0 Å². The maximum atomic E-state index is 11.8. The van der Waals surface area contributed by atoms with Crippen LogP contribution in [0.2, 0.25) is 5.02 Å². The average molecular weight is 330 g/mol. The summed E-state index contributed by atoms with van der Waals surface area (Å²) >= 11 is 11.8. The second-order valence-corrected chi connectivity index (χ2v) is 6.09. The van der Waals surface area contributed by atoms with Gasteiger partial charge in [0.15, 0.2) is 0 Å². The lowest BCUT2D eigenvalue weighted by atomic mass is 10.00. The van der Waals surface area contributed by atoms with E-state index in [-0.39, 0.29) is 0 Å². The first-order valence-electron chi connectivity index (χ1n) is 6.83. The first-order chi connectivity index (χ1) is 10.5. The highest BCUT2D eigenvalue weighted by Crippen LogP contribution is 2.29. The van der Waals surface area contributed by atoms with Gasteiger partial charge in [0, 0.05) is 21.5 Å². The van der Waals surface area contributed by atoms with Crippen LogP contribution in [0.25, 0.3) is 22.2 Å². The Morgan fingerprint density at radius 1 is 1.05 bits per heavy atom. The van der Waals surface area contributed by atoms with E-state index in [9.17, 15) is 4.79 Å². The molecule has 22 heavy (non-hydrogen) atoms. The van der Waals surface area contributed by atoms with Crippen molar-refractivity contribution in [2.45, 2.75) is 13.8 Å². The molecule has 1 heterocycles. The molecule has 0 unspecified atom stereocenters. The fraction of sp³-hybridized carbons (Fsp3) is 0.111. The topological polar surface area (TPSA) is 30.0 Å². The van der Waals surface area contributed by atoms with Crippen LogP contribution in [-0.2, 0) is 0 Å². The van der Waals surface area contributed by atoms with E-state index >= 15 is 0 Å². The van der Waals surface area contributed by atoms with Crippen molar-refractivity contribution in [3.05, 3.63) is 64.2 Å². The minimum atomic E-state index is -0.513. The molecule has 0 aliphatic rings. The highest BCUT2D eigenvalue weighted by atomic mass is 35.5. The Morgan fingerprint density at radius 2 is 1.82 bits per heavy atom. The molecular formula is C18H13Cl2NO. The molecule has 0 N–H and O–H groups in total. The number of fused-ring (bicyclic) bond motifs is 1. The van der Waals surface area contributed by atoms with Crippen LogP contribution < -0.4 is 0 Å². The quantitative estimate of drug-likeness (QED) is 0.577. The number of hydrogen-bond acceptors (Lipinski definition) is 2. The van der Waals surface area contributed by atoms with Gasteiger partial charge in [-0.15, -0.1) is 0 Å². The summed E-state index contributed by atoms with van der Waals surface area (Å²) < 4.78 is 0. The van der Waals surface area contributed by atoms with Gasteiger partial charge in [0.25, 0.3) is 5.24 Å². The monoisotopic (exact) mass is 329 g/mol. The number of benzene rings is 2. The van der Waals surface area contributed by atoms with E-state index < -0.39 is 5.24 Å². The lowest BCUT2D eigenvalue weighted by Gasteiger charge is -2.10. The highest BCUT2D eigenvalue weighted by Gasteiger charge is 2.13. The molecule has 3 aromatic rings. The van der Waals surface area contributed by atoms with Gasteiger partial charge in [-0.05, 0) is 55.3 Å². The molecule has 0 amide bonds. The third-order valence-electron chi connectivity index (χ3n) is 3.64. The number of nitrogens with zero attached hydrogens (tertiary/aromatic N) is 1. The number of rotatable bonds is 2. The molecule has 110 valence electrons. The molecule has 0 aliphatic carbocycles. The molecule has 1 aromatic heterocycles. The lowest BCUT2D eigenvalue weighted by molar-refractivity contribution is 0.108. The van der Waals surface area contributed by atoms with Crippen molar-refractivity contribution in [1.29, 1.82) is 0 Å². The van der Waals surface area contributed by atoms with Crippen LogP contribution in [0.15, 0.2) is 42.5 Å². The van der Waals surface area contributed by atoms with Crippen molar-refractivity contribution in [3.8, 4) is 11.3 Å². The van der Waals surface area contributed by atoms with Gasteiger partial charge in [0.1, 0.15) is 0 Å². The van der Waals surface area contributed by atoms with Crippen molar-refractivity contribution in [2.75, 3.05) is 0 Å². The van der Waals surface area contributed by atoms with Gasteiger partial charge in [-0.2, -0.15) is 0 Å². The average Bonchev–Trinajstić information content (AvgIpc) is 2.46. The van der Waals surface area contributed by atoms with E-state index in [1.54, 1.807) is 24.3 Å². The summed E-state index contributed by atoms with van der Waals surface area (Å²) in [4.78, 5) is 16.4. The zero-order valence-electron chi connectivity index (χ0n) is 12.2. The fourth-order valence-electron chi connectivity index (χ4n) is 2.60.